The highest BCUT2D eigenvalue weighted by molar-refractivity contribution is 5.82. The summed E-state index contributed by atoms with van der Waals surface area (Å²) in [5, 5.41) is 3.57. The second kappa shape index (κ2) is 7.02. The number of hydrogen-bond donors (Lipinski definition) is 1. The van der Waals surface area contributed by atoms with Crippen molar-refractivity contribution in [3.63, 3.8) is 0 Å². The van der Waals surface area contributed by atoms with Crippen molar-refractivity contribution >= 4 is 11.4 Å². The fourth-order valence-corrected chi connectivity index (χ4v) is 2.94. The van der Waals surface area contributed by atoms with Crippen LogP contribution in [0.15, 0.2) is 103 Å². The Hall–Kier alpha value is -3.39. The van der Waals surface area contributed by atoms with Crippen LogP contribution in [0.25, 0.3) is 22.3 Å². The monoisotopic (exact) mass is 322 g/mol. The Morgan fingerprint density at radius 2 is 1.28 bits per heavy atom. The fourth-order valence-electron chi connectivity index (χ4n) is 2.94. The number of aromatic nitrogens is 1. The number of nitrogens with zero attached hydrogens (tertiary/aromatic N) is 1. The Morgan fingerprint density at radius 3 is 2.12 bits per heavy atom. The molecule has 0 saturated heterocycles. The summed E-state index contributed by atoms with van der Waals surface area (Å²) in [6.45, 7) is 0. The summed E-state index contributed by atoms with van der Waals surface area (Å²) < 4.78 is 0. The van der Waals surface area contributed by atoms with Gasteiger partial charge in [-0.2, -0.15) is 0 Å². The molecular weight excluding hydrogens is 304 g/mol. The molecule has 2 heteroatoms. The number of rotatable bonds is 4. The second-order valence-electron chi connectivity index (χ2n) is 5.85. The molecule has 0 amide bonds. The van der Waals surface area contributed by atoms with E-state index in [2.05, 4.69) is 83.1 Å². The maximum Gasteiger partial charge on any atom is 0.0463 e. The first-order valence-electron chi connectivity index (χ1n) is 8.32. The molecule has 0 unspecified atom stereocenters. The number of para-hydroxylation sites is 1. The molecule has 1 heterocycles. The lowest BCUT2D eigenvalue weighted by atomic mass is 10.0. The standard InChI is InChI=1S/C23H18N2/c1-2-7-19(8-3-1)22-11-4-5-12-23(22)25-21-10-6-9-20(17-21)18-13-15-24-16-14-18/h1-17,25H. The van der Waals surface area contributed by atoms with Gasteiger partial charge in [0.05, 0.1) is 0 Å². The summed E-state index contributed by atoms with van der Waals surface area (Å²) >= 11 is 0. The van der Waals surface area contributed by atoms with Gasteiger partial charge in [-0.15, -0.1) is 0 Å². The van der Waals surface area contributed by atoms with Crippen LogP contribution in [-0.4, -0.2) is 4.98 Å². The van der Waals surface area contributed by atoms with E-state index < -0.39 is 0 Å². The quantitative estimate of drug-likeness (QED) is 0.487. The SMILES string of the molecule is c1ccc(-c2ccccc2Nc2cccc(-c3ccncc3)c2)cc1. The molecule has 0 fully saturated rings. The lowest BCUT2D eigenvalue weighted by Crippen LogP contribution is -1.93. The predicted octanol–water partition coefficient (Wildman–Crippen LogP) is 6.16. The summed E-state index contributed by atoms with van der Waals surface area (Å²) in [5.41, 5.74) is 6.89. The summed E-state index contributed by atoms with van der Waals surface area (Å²) in [6, 6.07) is 31.3. The first-order valence-corrected chi connectivity index (χ1v) is 8.32. The number of pyridine rings is 1. The van der Waals surface area contributed by atoms with E-state index in [1.165, 1.54) is 16.7 Å². The molecular formula is C23H18N2. The fraction of sp³-hybridized carbons (Fsp3) is 0. The molecule has 0 aliphatic rings. The number of nitrogens with one attached hydrogen (secondary N) is 1. The van der Waals surface area contributed by atoms with Crippen molar-refractivity contribution in [2.45, 2.75) is 0 Å². The molecule has 0 aliphatic heterocycles. The molecule has 3 aromatic carbocycles. The van der Waals surface area contributed by atoms with Gasteiger partial charge in [-0.1, -0.05) is 60.7 Å². The van der Waals surface area contributed by atoms with Crippen molar-refractivity contribution in [3.05, 3.63) is 103 Å². The van der Waals surface area contributed by atoms with Gasteiger partial charge >= 0.3 is 0 Å². The highest BCUT2D eigenvalue weighted by atomic mass is 14.9. The topological polar surface area (TPSA) is 24.9 Å². The minimum atomic E-state index is 1.07. The van der Waals surface area contributed by atoms with E-state index in [4.69, 9.17) is 0 Å². The zero-order valence-electron chi connectivity index (χ0n) is 13.8. The zero-order chi connectivity index (χ0) is 16.9. The van der Waals surface area contributed by atoms with Gasteiger partial charge in [0, 0.05) is 29.3 Å². The maximum absolute atomic E-state index is 4.09. The Balaban J connectivity index is 1.68. The smallest absolute Gasteiger partial charge is 0.0463 e. The van der Waals surface area contributed by atoms with E-state index in [0.29, 0.717) is 0 Å². The third-order valence-electron chi connectivity index (χ3n) is 4.17. The van der Waals surface area contributed by atoms with Crippen LogP contribution in [0.3, 0.4) is 0 Å². The van der Waals surface area contributed by atoms with E-state index in [9.17, 15) is 0 Å². The van der Waals surface area contributed by atoms with Gasteiger partial charge in [-0.25, -0.2) is 0 Å². The minimum Gasteiger partial charge on any atom is -0.355 e. The Morgan fingerprint density at radius 1 is 0.560 bits per heavy atom. The van der Waals surface area contributed by atoms with Crippen LogP contribution in [0.1, 0.15) is 0 Å². The minimum absolute atomic E-state index is 1.07. The van der Waals surface area contributed by atoms with Crippen LogP contribution in [0.4, 0.5) is 11.4 Å². The number of hydrogen-bond acceptors (Lipinski definition) is 2. The first-order chi connectivity index (χ1) is 12.4. The van der Waals surface area contributed by atoms with E-state index in [1.54, 1.807) is 0 Å². The molecule has 0 bridgehead atoms. The molecule has 0 saturated carbocycles. The second-order valence-corrected chi connectivity index (χ2v) is 5.85. The van der Waals surface area contributed by atoms with Crippen molar-refractivity contribution in [3.8, 4) is 22.3 Å². The summed E-state index contributed by atoms with van der Waals surface area (Å²) in [7, 11) is 0. The number of benzene rings is 3. The van der Waals surface area contributed by atoms with Crippen molar-refractivity contribution in [2.75, 3.05) is 5.32 Å². The Labute approximate surface area is 147 Å². The third kappa shape index (κ3) is 3.43. The van der Waals surface area contributed by atoms with E-state index >= 15 is 0 Å². The van der Waals surface area contributed by atoms with Crippen molar-refractivity contribution in [1.82, 2.24) is 4.98 Å². The van der Waals surface area contributed by atoms with E-state index in [-0.39, 0.29) is 0 Å². The van der Waals surface area contributed by atoms with Crippen LogP contribution in [0.2, 0.25) is 0 Å². The van der Waals surface area contributed by atoms with Crippen LogP contribution >= 0.6 is 0 Å². The van der Waals surface area contributed by atoms with Crippen LogP contribution in [-0.2, 0) is 0 Å². The van der Waals surface area contributed by atoms with Gasteiger partial charge in [-0.05, 0) is 47.0 Å². The maximum atomic E-state index is 4.09. The molecule has 0 spiro atoms. The van der Waals surface area contributed by atoms with Gasteiger partial charge in [0.2, 0.25) is 0 Å². The molecule has 4 aromatic rings. The first kappa shape index (κ1) is 15.2. The van der Waals surface area contributed by atoms with E-state index in [1.807, 2.05) is 30.6 Å². The molecule has 2 nitrogen and oxygen atoms in total. The van der Waals surface area contributed by atoms with Gasteiger partial charge in [0.25, 0.3) is 0 Å². The van der Waals surface area contributed by atoms with Gasteiger partial charge < -0.3 is 5.32 Å². The van der Waals surface area contributed by atoms with Crippen LogP contribution in [0.5, 0.6) is 0 Å². The largest absolute Gasteiger partial charge is 0.355 e. The normalized spacial score (nSPS) is 10.4. The number of anilines is 2. The van der Waals surface area contributed by atoms with Gasteiger partial charge in [0.15, 0.2) is 0 Å². The average Bonchev–Trinajstić information content (AvgIpc) is 2.70. The molecule has 120 valence electrons. The Kier molecular flexibility index (Phi) is 4.25. The van der Waals surface area contributed by atoms with Crippen LogP contribution in [0, 0.1) is 0 Å². The molecule has 1 N–H and O–H groups in total. The van der Waals surface area contributed by atoms with Crippen molar-refractivity contribution in [2.24, 2.45) is 0 Å². The van der Waals surface area contributed by atoms with Crippen molar-refractivity contribution in [1.29, 1.82) is 0 Å². The van der Waals surface area contributed by atoms with Gasteiger partial charge in [-0.3, -0.25) is 4.98 Å². The highest BCUT2D eigenvalue weighted by Gasteiger charge is 2.05. The van der Waals surface area contributed by atoms with Crippen molar-refractivity contribution < 1.29 is 0 Å². The molecule has 25 heavy (non-hydrogen) atoms. The van der Waals surface area contributed by atoms with Gasteiger partial charge in [0.1, 0.15) is 0 Å². The average molecular weight is 322 g/mol. The van der Waals surface area contributed by atoms with E-state index in [0.717, 1.165) is 16.9 Å². The third-order valence-corrected chi connectivity index (χ3v) is 4.17. The highest BCUT2D eigenvalue weighted by Crippen LogP contribution is 2.31. The van der Waals surface area contributed by atoms with Crippen LogP contribution < -0.4 is 5.32 Å². The molecule has 0 radical (unpaired) electrons. The molecule has 0 atom stereocenters. The lowest BCUT2D eigenvalue weighted by Gasteiger charge is -2.13. The molecule has 4 rings (SSSR count). The summed E-state index contributed by atoms with van der Waals surface area (Å²) in [6.07, 6.45) is 3.64. The molecule has 0 aliphatic carbocycles. The summed E-state index contributed by atoms with van der Waals surface area (Å²) in [5.74, 6) is 0. The Bertz CT molecular complexity index is 963. The molecule has 1 aromatic heterocycles. The zero-order valence-corrected chi connectivity index (χ0v) is 13.8. The lowest BCUT2D eigenvalue weighted by molar-refractivity contribution is 1.33. The summed E-state index contributed by atoms with van der Waals surface area (Å²) in [4.78, 5) is 4.09. The predicted molar refractivity (Wildman–Crippen MR) is 105 cm³/mol.